The van der Waals surface area contributed by atoms with E-state index in [9.17, 15) is 9.59 Å². The summed E-state index contributed by atoms with van der Waals surface area (Å²) in [5.41, 5.74) is 0.689. The molecule has 2 amide bonds. The van der Waals surface area contributed by atoms with E-state index in [2.05, 4.69) is 24.5 Å². The molecular weight excluding hydrogens is 312 g/mol. The van der Waals surface area contributed by atoms with E-state index >= 15 is 0 Å². The SMILES string of the molecule is C[C@@H]1[C@H](C)CCC[C@H]1NC(=O)CCC(=O)Nc1ccc(Cl)cc1. The molecule has 0 heterocycles. The van der Waals surface area contributed by atoms with Crippen LogP contribution in [0.2, 0.25) is 5.02 Å². The Morgan fingerprint density at radius 3 is 2.43 bits per heavy atom. The van der Waals surface area contributed by atoms with Gasteiger partial charge >= 0.3 is 0 Å². The molecule has 0 bridgehead atoms. The van der Waals surface area contributed by atoms with E-state index in [1.54, 1.807) is 24.3 Å². The highest BCUT2D eigenvalue weighted by molar-refractivity contribution is 6.30. The monoisotopic (exact) mass is 336 g/mol. The molecule has 1 saturated carbocycles. The average molecular weight is 337 g/mol. The largest absolute Gasteiger partial charge is 0.353 e. The van der Waals surface area contributed by atoms with Crippen LogP contribution in [0.3, 0.4) is 0 Å². The van der Waals surface area contributed by atoms with Crippen molar-refractivity contribution in [1.29, 1.82) is 0 Å². The third-order valence-electron chi connectivity index (χ3n) is 4.76. The molecule has 2 rings (SSSR count). The van der Waals surface area contributed by atoms with E-state index in [0.29, 0.717) is 22.5 Å². The van der Waals surface area contributed by atoms with Crippen molar-refractivity contribution in [3.8, 4) is 0 Å². The van der Waals surface area contributed by atoms with Gasteiger partial charge in [0.25, 0.3) is 0 Å². The fourth-order valence-electron chi connectivity index (χ4n) is 3.05. The zero-order chi connectivity index (χ0) is 16.8. The van der Waals surface area contributed by atoms with Crippen LogP contribution in [0, 0.1) is 11.8 Å². The zero-order valence-corrected chi connectivity index (χ0v) is 14.5. The van der Waals surface area contributed by atoms with Crippen molar-refractivity contribution in [2.24, 2.45) is 11.8 Å². The van der Waals surface area contributed by atoms with Gasteiger partial charge in [0.1, 0.15) is 0 Å². The van der Waals surface area contributed by atoms with Crippen molar-refractivity contribution in [3.63, 3.8) is 0 Å². The van der Waals surface area contributed by atoms with E-state index < -0.39 is 0 Å². The molecule has 1 aromatic carbocycles. The van der Waals surface area contributed by atoms with Gasteiger partial charge in [-0.25, -0.2) is 0 Å². The summed E-state index contributed by atoms with van der Waals surface area (Å²) in [6.07, 6.45) is 3.83. The third kappa shape index (κ3) is 5.54. The molecule has 1 fully saturated rings. The minimum atomic E-state index is -0.160. The molecule has 5 heteroatoms. The zero-order valence-electron chi connectivity index (χ0n) is 13.8. The lowest BCUT2D eigenvalue weighted by Gasteiger charge is -2.34. The Labute approximate surface area is 143 Å². The summed E-state index contributed by atoms with van der Waals surface area (Å²) < 4.78 is 0. The maximum Gasteiger partial charge on any atom is 0.224 e. The number of benzene rings is 1. The van der Waals surface area contributed by atoms with E-state index in [0.717, 1.165) is 12.8 Å². The molecule has 2 N–H and O–H groups in total. The van der Waals surface area contributed by atoms with Gasteiger partial charge in [-0.1, -0.05) is 38.3 Å². The van der Waals surface area contributed by atoms with Gasteiger partial charge in [0, 0.05) is 29.6 Å². The van der Waals surface area contributed by atoms with Crippen LogP contribution in [0.5, 0.6) is 0 Å². The standard InChI is InChI=1S/C18H25ClN2O2/c1-12-4-3-5-16(13(12)2)21-18(23)11-10-17(22)20-15-8-6-14(19)7-9-15/h6-9,12-13,16H,3-5,10-11H2,1-2H3,(H,20,22)(H,21,23)/t12-,13-,16-/m1/s1. The highest BCUT2D eigenvalue weighted by atomic mass is 35.5. The Balaban J connectivity index is 1.73. The molecule has 1 aliphatic rings. The Morgan fingerprint density at radius 2 is 1.74 bits per heavy atom. The first-order chi connectivity index (χ1) is 11.0. The molecule has 23 heavy (non-hydrogen) atoms. The number of hydrogen-bond acceptors (Lipinski definition) is 2. The normalized spacial score (nSPS) is 24.0. The predicted octanol–water partition coefficient (Wildman–Crippen LogP) is 4.00. The minimum absolute atomic E-state index is 0.0396. The molecule has 0 radical (unpaired) electrons. The molecule has 0 aromatic heterocycles. The minimum Gasteiger partial charge on any atom is -0.353 e. The van der Waals surface area contributed by atoms with Gasteiger partial charge in [-0.3, -0.25) is 9.59 Å². The molecule has 1 aromatic rings. The van der Waals surface area contributed by atoms with Crippen molar-refractivity contribution >= 4 is 29.1 Å². The molecule has 0 aliphatic heterocycles. The summed E-state index contributed by atoms with van der Waals surface area (Å²) in [5.74, 6) is 0.938. The van der Waals surface area contributed by atoms with Crippen LogP contribution >= 0.6 is 11.6 Å². The van der Waals surface area contributed by atoms with Crippen LogP contribution in [0.15, 0.2) is 24.3 Å². The van der Waals surface area contributed by atoms with Crippen molar-refractivity contribution in [2.45, 2.75) is 52.0 Å². The molecular formula is C18H25ClN2O2. The molecule has 4 nitrogen and oxygen atoms in total. The first-order valence-electron chi connectivity index (χ1n) is 8.30. The lowest BCUT2D eigenvalue weighted by molar-refractivity contribution is -0.125. The van der Waals surface area contributed by atoms with Crippen LogP contribution in [-0.2, 0) is 9.59 Å². The van der Waals surface area contributed by atoms with Gasteiger partial charge in [-0.2, -0.15) is 0 Å². The second-order valence-electron chi connectivity index (χ2n) is 6.50. The number of carbonyl (C=O) groups is 2. The van der Waals surface area contributed by atoms with Gasteiger partial charge in [0.2, 0.25) is 11.8 Å². The molecule has 1 aliphatic carbocycles. The van der Waals surface area contributed by atoms with E-state index in [1.165, 1.54) is 6.42 Å². The number of amides is 2. The lowest BCUT2D eigenvalue weighted by Crippen LogP contribution is -2.43. The molecule has 0 unspecified atom stereocenters. The van der Waals surface area contributed by atoms with Gasteiger partial charge in [-0.05, 0) is 42.5 Å². The number of nitrogens with one attached hydrogen (secondary N) is 2. The van der Waals surface area contributed by atoms with Gasteiger partial charge in [0.05, 0.1) is 0 Å². The number of rotatable bonds is 5. The van der Waals surface area contributed by atoms with Gasteiger partial charge < -0.3 is 10.6 Å². The van der Waals surface area contributed by atoms with Crippen molar-refractivity contribution < 1.29 is 9.59 Å². The maximum absolute atomic E-state index is 12.1. The van der Waals surface area contributed by atoms with Crippen LogP contribution in [0.4, 0.5) is 5.69 Å². The summed E-state index contributed by atoms with van der Waals surface area (Å²) in [6.45, 7) is 4.44. The summed E-state index contributed by atoms with van der Waals surface area (Å²) >= 11 is 5.80. The number of hydrogen-bond donors (Lipinski definition) is 2. The summed E-state index contributed by atoms with van der Waals surface area (Å²) in [7, 11) is 0. The van der Waals surface area contributed by atoms with Crippen molar-refractivity contribution in [2.75, 3.05) is 5.32 Å². The van der Waals surface area contributed by atoms with Crippen LogP contribution in [0.25, 0.3) is 0 Å². The Hall–Kier alpha value is -1.55. The highest BCUT2D eigenvalue weighted by Gasteiger charge is 2.28. The molecule has 3 atom stereocenters. The van der Waals surface area contributed by atoms with E-state index in [-0.39, 0.29) is 30.7 Å². The summed E-state index contributed by atoms with van der Waals surface area (Å²) in [4.78, 5) is 23.9. The Bertz CT molecular complexity index is 544. The fourth-order valence-corrected chi connectivity index (χ4v) is 3.17. The quantitative estimate of drug-likeness (QED) is 0.853. The van der Waals surface area contributed by atoms with Gasteiger partial charge in [-0.15, -0.1) is 0 Å². The number of anilines is 1. The molecule has 0 spiro atoms. The van der Waals surface area contributed by atoms with Crippen LogP contribution < -0.4 is 10.6 Å². The second kappa shape index (κ2) is 8.34. The first kappa shape index (κ1) is 17.8. The third-order valence-corrected chi connectivity index (χ3v) is 5.01. The molecule has 0 saturated heterocycles. The van der Waals surface area contributed by atoms with E-state index in [4.69, 9.17) is 11.6 Å². The average Bonchev–Trinajstić information content (AvgIpc) is 2.52. The first-order valence-corrected chi connectivity index (χ1v) is 8.68. The summed E-state index contributed by atoms with van der Waals surface area (Å²) in [5, 5.41) is 6.48. The second-order valence-corrected chi connectivity index (χ2v) is 6.93. The highest BCUT2D eigenvalue weighted by Crippen LogP contribution is 2.29. The predicted molar refractivity (Wildman–Crippen MR) is 93.4 cm³/mol. The number of carbonyl (C=O) groups excluding carboxylic acids is 2. The maximum atomic E-state index is 12.1. The van der Waals surface area contributed by atoms with Crippen LogP contribution in [-0.4, -0.2) is 17.9 Å². The fraction of sp³-hybridized carbons (Fsp3) is 0.556. The van der Waals surface area contributed by atoms with Crippen molar-refractivity contribution in [3.05, 3.63) is 29.3 Å². The van der Waals surface area contributed by atoms with Crippen molar-refractivity contribution in [1.82, 2.24) is 5.32 Å². The number of halogens is 1. The lowest BCUT2D eigenvalue weighted by atomic mass is 9.78. The summed E-state index contributed by atoms with van der Waals surface area (Å²) in [6, 6.07) is 7.16. The Kier molecular flexibility index (Phi) is 6.46. The Morgan fingerprint density at radius 1 is 1.09 bits per heavy atom. The topological polar surface area (TPSA) is 58.2 Å². The van der Waals surface area contributed by atoms with Gasteiger partial charge in [0.15, 0.2) is 0 Å². The van der Waals surface area contributed by atoms with Crippen LogP contribution in [0.1, 0.15) is 46.0 Å². The molecule has 126 valence electrons. The van der Waals surface area contributed by atoms with E-state index in [1.807, 2.05) is 0 Å². The smallest absolute Gasteiger partial charge is 0.224 e.